The number of primary sulfonamides is 1. The molecule has 0 aliphatic heterocycles. The van der Waals surface area contributed by atoms with Crippen LogP contribution in [0.2, 0.25) is 0 Å². The molecule has 4 rings (SSSR count). The van der Waals surface area contributed by atoms with E-state index in [-0.39, 0.29) is 35.2 Å². The summed E-state index contributed by atoms with van der Waals surface area (Å²) in [6, 6.07) is 14.1. The van der Waals surface area contributed by atoms with Crippen LogP contribution in [0.25, 0.3) is 10.2 Å². The highest BCUT2D eigenvalue weighted by Crippen LogP contribution is 2.29. The number of carbonyl (C=O) groups is 2. The van der Waals surface area contributed by atoms with Gasteiger partial charge in [0.25, 0.3) is 5.56 Å². The fourth-order valence-electron chi connectivity index (χ4n) is 4.95. The van der Waals surface area contributed by atoms with Crippen LogP contribution in [-0.2, 0) is 45.4 Å². The predicted molar refractivity (Wildman–Crippen MR) is 181 cm³/mol. The largest absolute Gasteiger partial charge is 0.356 e. The van der Waals surface area contributed by atoms with Crippen LogP contribution in [0.4, 0.5) is 5.69 Å². The van der Waals surface area contributed by atoms with Crippen LogP contribution in [0.5, 0.6) is 0 Å². The summed E-state index contributed by atoms with van der Waals surface area (Å²) in [5, 5.41) is 13.0. The van der Waals surface area contributed by atoms with E-state index in [9.17, 15) is 22.8 Å². The van der Waals surface area contributed by atoms with E-state index in [1.807, 2.05) is 30.5 Å². The van der Waals surface area contributed by atoms with Crippen LogP contribution < -0.4 is 21.3 Å². The smallest absolute Gasteiger partial charge is 0.272 e. The van der Waals surface area contributed by atoms with E-state index < -0.39 is 15.3 Å². The van der Waals surface area contributed by atoms with Gasteiger partial charge in [0.15, 0.2) is 5.16 Å². The molecular weight excluding hydrogens is 631 g/mol. The number of hydrogen-bond acceptors (Lipinski definition) is 8. The molecule has 45 heavy (non-hydrogen) atoms. The number of nitrogens with two attached hydrogens (primary N) is 1. The molecule has 0 saturated carbocycles. The molecule has 13 heteroatoms. The Kier molecular flexibility index (Phi) is 12.0. The lowest BCUT2D eigenvalue weighted by Gasteiger charge is -2.20. The summed E-state index contributed by atoms with van der Waals surface area (Å²) in [6.07, 6.45) is 3.27. The summed E-state index contributed by atoms with van der Waals surface area (Å²) in [5.41, 5.74) is 4.30. The number of thioether (sulfide) groups is 1. The van der Waals surface area contributed by atoms with Crippen LogP contribution in [0.1, 0.15) is 56.7 Å². The van der Waals surface area contributed by atoms with E-state index in [1.54, 1.807) is 22.8 Å². The number of para-hydroxylation sites is 1. The number of aryl methyl sites for hydroxylation is 2. The molecule has 0 fully saturated rings. The quantitative estimate of drug-likeness (QED) is 0.121. The summed E-state index contributed by atoms with van der Waals surface area (Å²) in [6.45, 7) is 6.72. The Balaban J connectivity index is 1.41. The first-order valence-corrected chi connectivity index (χ1v) is 18.3. The maximum Gasteiger partial charge on any atom is 0.272 e. The molecule has 0 spiro atoms. The zero-order valence-corrected chi connectivity index (χ0v) is 28.1. The van der Waals surface area contributed by atoms with Gasteiger partial charge >= 0.3 is 0 Å². The molecule has 0 bridgehead atoms. The van der Waals surface area contributed by atoms with Crippen LogP contribution >= 0.6 is 23.1 Å². The molecule has 4 N–H and O–H groups in total. The summed E-state index contributed by atoms with van der Waals surface area (Å²) >= 11 is 2.60. The molecule has 4 aromatic rings. The monoisotopic (exact) mass is 669 g/mol. The Morgan fingerprint density at radius 3 is 2.36 bits per heavy atom. The van der Waals surface area contributed by atoms with Crippen molar-refractivity contribution in [2.45, 2.75) is 81.1 Å². The molecule has 0 aliphatic rings. The second-order valence-corrected chi connectivity index (χ2v) is 14.2. The SMILES string of the molecule is CCc1cccc(CC)c1NC(=O)[C@H](CC)Sc1nc2ccsc2c(=O)n1CCCC(=O)NCCc1ccc(S(N)(=O)=O)cc1. The first-order valence-electron chi connectivity index (χ1n) is 15.0. The van der Waals surface area contributed by atoms with Crippen LogP contribution in [-0.4, -0.2) is 41.6 Å². The molecule has 2 aromatic heterocycles. The third-order valence-electron chi connectivity index (χ3n) is 7.46. The number of hydrogen-bond donors (Lipinski definition) is 3. The average molecular weight is 670 g/mol. The van der Waals surface area contributed by atoms with Gasteiger partial charge in [0.1, 0.15) is 4.70 Å². The van der Waals surface area contributed by atoms with Crippen molar-refractivity contribution in [3.05, 3.63) is 81.0 Å². The maximum atomic E-state index is 13.5. The topological polar surface area (TPSA) is 153 Å². The third-order valence-corrected chi connectivity index (χ3v) is 10.6. The number of anilines is 1. The number of sulfonamides is 1. The fourth-order valence-corrected chi connectivity index (χ4v) is 7.28. The highest BCUT2D eigenvalue weighted by atomic mass is 32.2. The van der Waals surface area contributed by atoms with Gasteiger partial charge in [-0.1, -0.05) is 62.9 Å². The van der Waals surface area contributed by atoms with Crippen molar-refractivity contribution in [1.82, 2.24) is 14.9 Å². The molecule has 1 atom stereocenters. The third kappa shape index (κ3) is 8.81. The van der Waals surface area contributed by atoms with E-state index >= 15 is 0 Å². The average Bonchev–Trinajstić information content (AvgIpc) is 3.50. The molecule has 0 aliphatic carbocycles. The van der Waals surface area contributed by atoms with Gasteiger partial charge in [-0.15, -0.1) is 11.3 Å². The van der Waals surface area contributed by atoms with Gasteiger partial charge in [-0.05, 0) is 72.4 Å². The minimum atomic E-state index is -3.75. The molecule has 2 aromatic carbocycles. The zero-order valence-electron chi connectivity index (χ0n) is 25.7. The lowest BCUT2D eigenvalue weighted by molar-refractivity contribution is -0.121. The summed E-state index contributed by atoms with van der Waals surface area (Å²) in [4.78, 5) is 44.4. The van der Waals surface area contributed by atoms with Crippen molar-refractivity contribution >= 4 is 60.8 Å². The summed E-state index contributed by atoms with van der Waals surface area (Å²) in [7, 11) is -3.75. The minimum Gasteiger partial charge on any atom is -0.356 e. The molecule has 2 amide bonds. The molecule has 0 saturated heterocycles. The van der Waals surface area contributed by atoms with E-state index in [2.05, 4.69) is 24.5 Å². The molecule has 0 unspecified atom stereocenters. The van der Waals surface area contributed by atoms with Gasteiger partial charge in [0.2, 0.25) is 21.8 Å². The van der Waals surface area contributed by atoms with Crippen molar-refractivity contribution in [3.63, 3.8) is 0 Å². The lowest BCUT2D eigenvalue weighted by Crippen LogP contribution is -2.29. The van der Waals surface area contributed by atoms with Crippen molar-refractivity contribution in [2.24, 2.45) is 5.14 Å². The molecule has 240 valence electrons. The van der Waals surface area contributed by atoms with Gasteiger partial charge in [0, 0.05) is 25.2 Å². The Bertz CT molecular complexity index is 1790. The number of amides is 2. The van der Waals surface area contributed by atoms with Gasteiger partial charge in [-0.2, -0.15) is 0 Å². The molecule has 0 radical (unpaired) electrons. The lowest BCUT2D eigenvalue weighted by atomic mass is 10.0. The number of fused-ring (bicyclic) bond motifs is 1. The van der Waals surface area contributed by atoms with Crippen molar-refractivity contribution in [1.29, 1.82) is 0 Å². The number of nitrogens with one attached hydrogen (secondary N) is 2. The second kappa shape index (κ2) is 15.7. The number of rotatable bonds is 15. The van der Waals surface area contributed by atoms with Gasteiger partial charge < -0.3 is 10.6 Å². The fraction of sp³-hybridized carbons (Fsp3) is 0.375. The predicted octanol–water partition coefficient (Wildman–Crippen LogP) is 4.88. The standard InChI is InChI=1S/C32H39N5O5S3/c1-4-22-9-7-10-23(5-2)28(22)36-30(39)26(6-3)44-32-35-25-17-20-43-29(25)31(40)37(32)19-8-11-27(38)34-18-16-21-12-14-24(15-13-21)45(33,41)42/h7,9-10,12-15,17,20,26H,4-6,8,11,16,18-19H2,1-3H3,(H,34,38)(H,36,39)(H2,33,41,42)/t26-/m0/s1. The minimum absolute atomic E-state index is 0.0385. The first kappa shape index (κ1) is 34.4. The number of aromatic nitrogens is 2. The highest BCUT2D eigenvalue weighted by Gasteiger charge is 2.24. The van der Waals surface area contributed by atoms with Crippen LogP contribution in [0, 0.1) is 0 Å². The number of nitrogens with zero attached hydrogens (tertiary/aromatic N) is 2. The second-order valence-electron chi connectivity index (χ2n) is 10.5. The Morgan fingerprint density at radius 2 is 1.73 bits per heavy atom. The highest BCUT2D eigenvalue weighted by molar-refractivity contribution is 8.00. The summed E-state index contributed by atoms with van der Waals surface area (Å²) in [5.74, 6) is -0.293. The maximum absolute atomic E-state index is 13.5. The molecule has 2 heterocycles. The van der Waals surface area contributed by atoms with Gasteiger partial charge in [-0.3, -0.25) is 19.0 Å². The van der Waals surface area contributed by atoms with Crippen molar-refractivity contribution < 1.29 is 18.0 Å². The number of carbonyl (C=O) groups excluding carboxylic acids is 2. The van der Waals surface area contributed by atoms with Gasteiger partial charge in [-0.25, -0.2) is 18.5 Å². The van der Waals surface area contributed by atoms with E-state index in [1.165, 1.54) is 35.2 Å². The summed E-state index contributed by atoms with van der Waals surface area (Å²) < 4.78 is 25.0. The van der Waals surface area contributed by atoms with E-state index in [0.717, 1.165) is 35.2 Å². The Labute approximate surface area is 271 Å². The van der Waals surface area contributed by atoms with Crippen LogP contribution in [0.15, 0.2) is 68.8 Å². The van der Waals surface area contributed by atoms with Crippen molar-refractivity contribution in [2.75, 3.05) is 11.9 Å². The van der Waals surface area contributed by atoms with E-state index in [4.69, 9.17) is 10.1 Å². The Morgan fingerprint density at radius 1 is 1.04 bits per heavy atom. The normalized spacial score (nSPS) is 12.3. The Hall–Kier alpha value is -3.52. The first-order chi connectivity index (χ1) is 21.5. The number of benzene rings is 2. The van der Waals surface area contributed by atoms with Crippen molar-refractivity contribution in [3.8, 4) is 0 Å². The van der Waals surface area contributed by atoms with Crippen LogP contribution in [0.3, 0.4) is 0 Å². The van der Waals surface area contributed by atoms with Gasteiger partial charge in [0.05, 0.1) is 15.7 Å². The zero-order chi connectivity index (χ0) is 32.6. The molecule has 10 nitrogen and oxygen atoms in total. The van der Waals surface area contributed by atoms with E-state index in [0.29, 0.717) is 41.2 Å². The molecular formula is C32H39N5O5S3. The number of thiophene rings is 1.